The molecular formula is C24H31NO7. The van der Waals surface area contributed by atoms with E-state index in [-0.39, 0.29) is 5.91 Å². The molecule has 1 fully saturated rings. The molecule has 1 aliphatic heterocycles. The van der Waals surface area contributed by atoms with E-state index in [0.29, 0.717) is 24.5 Å². The lowest BCUT2D eigenvalue weighted by Crippen LogP contribution is -2.60. The molecule has 174 valence electrons. The molecule has 8 heteroatoms. The highest BCUT2D eigenvalue weighted by Crippen LogP contribution is 2.25. The molecule has 2 aromatic carbocycles. The molecule has 0 aliphatic carbocycles. The molecule has 0 aromatic heterocycles. The van der Waals surface area contributed by atoms with E-state index in [1.165, 1.54) is 5.56 Å². The highest BCUT2D eigenvalue weighted by Gasteiger charge is 2.44. The van der Waals surface area contributed by atoms with Crippen LogP contribution >= 0.6 is 0 Å². The Hall–Kier alpha value is -2.49. The van der Waals surface area contributed by atoms with Gasteiger partial charge >= 0.3 is 0 Å². The van der Waals surface area contributed by atoms with Gasteiger partial charge in [0.05, 0.1) is 6.61 Å². The molecule has 1 amide bonds. The summed E-state index contributed by atoms with van der Waals surface area (Å²) in [6.45, 7) is 3.72. The summed E-state index contributed by atoms with van der Waals surface area (Å²) < 4.78 is 10.9. The summed E-state index contributed by atoms with van der Waals surface area (Å²) in [6.07, 6.45) is -5.80. The van der Waals surface area contributed by atoms with Crippen molar-refractivity contribution in [3.05, 3.63) is 59.7 Å². The second-order valence-electron chi connectivity index (χ2n) is 8.28. The second kappa shape index (κ2) is 10.9. The number of amides is 1. The number of carbonyl (C=O) groups is 1. The van der Waals surface area contributed by atoms with E-state index >= 15 is 0 Å². The first-order valence-electron chi connectivity index (χ1n) is 10.7. The Balaban J connectivity index is 1.49. The maximum atomic E-state index is 12.2. The average Bonchev–Trinajstić information content (AvgIpc) is 2.79. The van der Waals surface area contributed by atoms with Gasteiger partial charge in [-0.3, -0.25) is 4.79 Å². The van der Waals surface area contributed by atoms with Crippen LogP contribution in [0.4, 0.5) is 5.69 Å². The molecule has 1 saturated heterocycles. The molecule has 1 heterocycles. The molecule has 8 nitrogen and oxygen atoms in total. The van der Waals surface area contributed by atoms with Crippen LogP contribution in [0.15, 0.2) is 48.5 Å². The molecule has 2 aromatic rings. The Bertz CT molecular complexity index is 867. The number of benzene rings is 2. The van der Waals surface area contributed by atoms with Gasteiger partial charge < -0.3 is 35.2 Å². The number of anilines is 1. The number of aryl methyl sites for hydroxylation is 1. The van der Waals surface area contributed by atoms with Crippen molar-refractivity contribution in [2.75, 3.05) is 11.9 Å². The van der Waals surface area contributed by atoms with E-state index in [1.54, 1.807) is 24.3 Å². The zero-order valence-corrected chi connectivity index (χ0v) is 18.2. The van der Waals surface area contributed by atoms with Crippen molar-refractivity contribution in [2.45, 2.75) is 63.3 Å². The fourth-order valence-electron chi connectivity index (χ4n) is 3.47. The number of hydrogen-bond acceptors (Lipinski definition) is 7. The standard InChI is InChI=1S/C24H31NO7/c1-14(2)16-6-8-17(9-7-16)25-20(27)12-5-15-3-10-18(11-4-15)31-24-23(30)22(29)21(28)19(13-26)32-24/h3-4,6-11,14,19,21-24,26,28-30H,5,12-13H2,1-2H3,(H,25,27)/t19?,21-,22?,23?,24+/m0/s1. The third-order valence-electron chi connectivity index (χ3n) is 5.53. The van der Waals surface area contributed by atoms with E-state index < -0.39 is 37.3 Å². The van der Waals surface area contributed by atoms with Crippen LogP contribution in [-0.4, -0.2) is 63.6 Å². The van der Waals surface area contributed by atoms with Gasteiger partial charge in [-0.05, 0) is 47.7 Å². The van der Waals surface area contributed by atoms with Crippen molar-refractivity contribution in [3.63, 3.8) is 0 Å². The Morgan fingerprint density at radius 2 is 1.66 bits per heavy atom. The quantitative estimate of drug-likeness (QED) is 0.417. The van der Waals surface area contributed by atoms with Gasteiger partial charge in [0.25, 0.3) is 0 Å². The van der Waals surface area contributed by atoms with E-state index in [9.17, 15) is 25.2 Å². The summed E-state index contributed by atoms with van der Waals surface area (Å²) in [6, 6.07) is 14.7. The summed E-state index contributed by atoms with van der Waals surface area (Å²) in [5.74, 6) is 0.740. The van der Waals surface area contributed by atoms with E-state index in [2.05, 4.69) is 19.2 Å². The highest BCUT2D eigenvalue weighted by molar-refractivity contribution is 5.90. The number of carbonyl (C=O) groups excluding carboxylic acids is 1. The molecule has 0 spiro atoms. The number of aliphatic hydroxyl groups excluding tert-OH is 4. The van der Waals surface area contributed by atoms with Crippen LogP contribution in [0, 0.1) is 0 Å². The van der Waals surface area contributed by atoms with Gasteiger partial charge in [-0.15, -0.1) is 0 Å². The van der Waals surface area contributed by atoms with Crippen LogP contribution in [-0.2, 0) is 16.0 Å². The van der Waals surface area contributed by atoms with Crippen molar-refractivity contribution in [3.8, 4) is 5.75 Å². The first kappa shape index (κ1) is 24.2. The topological polar surface area (TPSA) is 128 Å². The largest absolute Gasteiger partial charge is 0.462 e. The molecule has 5 N–H and O–H groups in total. The lowest BCUT2D eigenvalue weighted by atomic mass is 9.99. The van der Waals surface area contributed by atoms with E-state index in [4.69, 9.17) is 9.47 Å². The third kappa shape index (κ3) is 6.05. The first-order valence-corrected chi connectivity index (χ1v) is 10.7. The molecule has 3 rings (SSSR count). The van der Waals surface area contributed by atoms with Gasteiger partial charge in [-0.1, -0.05) is 38.1 Å². The average molecular weight is 446 g/mol. The van der Waals surface area contributed by atoms with Crippen LogP contribution in [0.5, 0.6) is 5.75 Å². The van der Waals surface area contributed by atoms with Crippen LogP contribution in [0.25, 0.3) is 0 Å². The summed E-state index contributed by atoms with van der Waals surface area (Å²) in [4.78, 5) is 12.2. The highest BCUT2D eigenvalue weighted by atomic mass is 16.7. The fourth-order valence-corrected chi connectivity index (χ4v) is 3.47. The Kier molecular flexibility index (Phi) is 8.22. The van der Waals surface area contributed by atoms with Gasteiger partial charge in [0.2, 0.25) is 12.2 Å². The van der Waals surface area contributed by atoms with Gasteiger partial charge in [0.15, 0.2) is 0 Å². The van der Waals surface area contributed by atoms with E-state index in [1.807, 2.05) is 24.3 Å². The first-order chi connectivity index (χ1) is 15.3. The lowest BCUT2D eigenvalue weighted by molar-refractivity contribution is -0.277. The fraction of sp³-hybridized carbons (Fsp3) is 0.458. The van der Waals surface area contributed by atoms with Crippen LogP contribution in [0.3, 0.4) is 0 Å². The van der Waals surface area contributed by atoms with Gasteiger partial charge in [-0.25, -0.2) is 0 Å². The van der Waals surface area contributed by atoms with Gasteiger partial charge in [0.1, 0.15) is 30.2 Å². The van der Waals surface area contributed by atoms with Crippen LogP contribution in [0.2, 0.25) is 0 Å². The normalized spacial score (nSPS) is 25.5. The van der Waals surface area contributed by atoms with Crippen molar-refractivity contribution in [1.29, 1.82) is 0 Å². The van der Waals surface area contributed by atoms with Crippen molar-refractivity contribution < 1.29 is 34.7 Å². The lowest BCUT2D eigenvalue weighted by Gasteiger charge is -2.39. The zero-order valence-electron chi connectivity index (χ0n) is 18.2. The van der Waals surface area contributed by atoms with Crippen molar-refractivity contribution in [2.24, 2.45) is 0 Å². The summed E-state index contributed by atoms with van der Waals surface area (Å²) >= 11 is 0. The Labute approximate surface area is 187 Å². The van der Waals surface area contributed by atoms with Gasteiger partial charge in [0, 0.05) is 12.1 Å². The second-order valence-corrected chi connectivity index (χ2v) is 8.28. The Morgan fingerprint density at radius 1 is 1.00 bits per heavy atom. The van der Waals surface area contributed by atoms with Crippen LogP contribution in [0.1, 0.15) is 37.3 Å². The number of aliphatic hydroxyl groups is 4. The smallest absolute Gasteiger partial charge is 0.229 e. The molecule has 0 saturated carbocycles. The molecular weight excluding hydrogens is 414 g/mol. The molecule has 1 aliphatic rings. The SMILES string of the molecule is CC(C)c1ccc(NC(=O)CCc2ccc(O[C@@H]3OC(CO)[C@H](O)C(O)C3O)cc2)cc1. The molecule has 32 heavy (non-hydrogen) atoms. The van der Waals surface area contributed by atoms with Crippen molar-refractivity contribution >= 4 is 11.6 Å². The minimum absolute atomic E-state index is 0.0797. The number of hydrogen-bond donors (Lipinski definition) is 5. The molecule has 5 atom stereocenters. The van der Waals surface area contributed by atoms with Crippen LogP contribution < -0.4 is 10.1 Å². The number of nitrogens with one attached hydrogen (secondary N) is 1. The maximum absolute atomic E-state index is 12.2. The van der Waals surface area contributed by atoms with Crippen molar-refractivity contribution in [1.82, 2.24) is 0 Å². The zero-order chi connectivity index (χ0) is 23.3. The number of ether oxygens (including phenoxy) is 2. The molecule has 0 radical (unpaired) electrons. The maximum Gasteiger partial charge on any atom is 0.229 e. The summed E-state index contributed by atoms with van der Waals surface area (Å²) in [5.41, 5.74) is 2.91. The minimum atomic E-state index is -1.50. The predicted octanol–water partition coefficient (Wildman–Crippen LogP) is 1.56. The van der Waals surface area contributed by atoms with Gasteiger partial charge in [-0.2, -0.15) is 0 Å². The molecule has 0 bridgehead atoms. The minimum Gasteiger partial charge on any atom is -0.462 e. The summed E-state index contributed by atoms with van der Waals surface area (Å²) in [7, 11) is 0. The predicted molar refractivity (Wildman–Crippen MR) is 118 cm³/mol. The number of rotatable bonds is 8. The Morgan fingerprint density at radius 3 is 2.25 bits per heavy atom. The monoisotopic (exact) mass is 445 g/mol. The molecule has 3 unspecified atom stereocenters. The summed E-state index contributed by atoms with van der Waals surface area (Å²) in [5, 5.41) is 41.9. The van der Waals surface area contributed by atoms with E-state index in [0.717, 1.165) is 11.3 Å². The third-order valence-corrected chi connectivity index (χ3v) is 5.53.